The fourth-order valence-electron chi connectivity index (χ4n) is 2.70. The van der Waals surface area contributed by atoms with E-state index in [0.717, 1.165) is 42.4 Å². The smallest absolute Gasteiger partial charge is 0.155 e. The number of carbonyl (C=O) groups is 1. The van der Waals surface area contributed by atoms with Gasteiger partial charge in [0.05, 0.1) is 11.3 Å². The van der Waals surface area contributed by atoms with Gasteiger partial charge >= 0.3 is 0 Å². The lowest BCUT2D eigenvalue weighted by atomic mass is 9.95. The van der Waals surface area contributed by atoms with E-state index >= 15 is 0 Å². The average Bonchev–Trinajstić information content (AvgIpc) is 2.82. The van der Waals surface area contributed by atoms with Gasteiger partial charge in [-0.15, -0.1) is 0 Å². The van der Waals surface area contributed by atoms with Crippen LogP contribution in [0.4, 0.5) is 5.82 Å². The lowest BCUT2D eigenvalue weighted by Gasteiger charge is -2.20. The highest BCUT2D eigenvalue weighted by atomic mass is 16.1. The molecule has 0 aliphatic carbocycles. The highest BCUT2D eigenvalue weighted by Gasteiger charge is 2.28. The number of nitrogens with zero attached hydrogens (tertiary/aromatic N) is 3. The lowest BCUT2D eigenvalue weighted by Crippen LogP contribution is -2.24. The third-order valence-corrected chi connectivity index (χ3v) is 3.82. The molecule has 4 nitrogen and oxygen atoms in total. The van der Waals surface area contributed by atoms with Gasteiger partial charge in [-0.3, -0.25) is 9.48 Å². The number of anilines is 1. The zero-order valence-corrected chi connectivity index (χ0v) is 11.1. The van der Waals surface area contributed by atoms with Gasteiger partial charge in [0.2, 0.25) is 0 Å². The van der Waals surface area contributed by atoms with Crippen molar-refractivity contribution in [1.82, 2.24) is 9.78 Å². The molecule has 0 aromatic carbocycles. The van der Waals surface area contributed by atoms with Gasteiger partial charge in [-0.1, -0.05) is 13.8 Å². The van der Waals surface area contributed by atoms with Crippen molar-refractivity contribution in [1.29, 1.82) is 0 Å². The van der Waals surface area contributed by atoms with E-state index in [1.165, 1.54) is 6.42 Å². The normalized spacial score (nSPS) is 20.3. The summed E-state index contributed by atoms with van der Waals surface area (Å²) in [5.41, 5.74) is 1.57. The summed E-state index contributed by atoms with van der Waals surface area (Å²) in [5.74, 6) is 2.42. The SMILES string of the molecule is Cc1nn(C)c(N2CCC(C(C)C)C2)c1C=O. The van der Waals surface area contributed by atoms with E-state index in [9.17, 15) is 4.79 Å². The van der Waals surface area contributed by atoms with Crippen LogP contribution in [-0.2, 0) is 7.05 Å². The number of aldehydes is 1. The number of carbonyl (C=O) groups excluding carboxylic acids is 1. The summed E-state index contributed by atoms with van der Waals surface area (Å²) < 4.78 is 1.84. The minimum Gasteiger partial charge on any atom is -0.356 e. The molecule has 0 amide bonds. The molecule has 2 heterocycles. The first-order valence-corrected chi connectivity index (χ1v) is 6.28. The summed E-state index contributed by atoms with van der Waals surface area (Å²) in [6.45, 7) is 8.50. The fraction of sp³-hybridized carbons (Fsp3) is 0.692. The molecule has 4 heteroatoms. The molecule has 94 valence electrons. The van der Waals surface area contributed by atoms with E-state index in [1.54, 1.807) is 0 Å². The Bertz CT molecular complexity index is 423. The molecular weight excluding hydrogens is 214 g/mol. The fourth-order valence-corrected chi connectivity index (χ4v) is 2.70. The molecule has 0 spiro atoms. The van der Waals surface area contributed by atoms with Crippen molar-refractivity contribution >= 4 is 12.1 Å². The van der Waals surface area contributed by atoms with Crippen LogP contribution in [0.3, 0.4) is 0 Å². The lowest BCUT2D eigenvalue weighted by molar-refractivity contribution is 0.112. The summed E-state index contributed by atoms with van der Waals surface area (Å²) in [4.78, 5) is 13.5. The molecule has 17 heavy (non-hydrogen) atoms. The van der Waals surface area contributed by atoms with Crippen LogP contribution in [0.1, 0.15) is 36.3 Å². The summed E-state index contributed by atoms with van der Waals surface area (Å²) in [7, 11) is 1.91. The van der Waals surface area contributed by atoms with E-state index in [0.29, 0.717) is 5.92 Å². The Kier molecular flexibility index (Phi) is 3.22. The van der Waals surface area contributed by atoms with Crippen molar-refractivity contribution in [3.8, 4) is 0 Å². The van der Waals surface area contributed by atoms with Gasteiger partial charge in [0.15, 0.2) is 6.29 Å². The highest BCUT2D eigenvalue weighted by Crippen LogP contribution is 2.30. The maximum absolute atomic E-state index is 11.2. The molecular formula is C13H21N3O. The van der Waals surface area contributed by atoms with Crippen LogP contribution in [0.5, 0.6) is 0 Å². The number of rotatable bonds is 3. The Morgan fingerprint density at radius 3 is 2.71 bits per heavy atom. The molecule has 1 aromatic heterocycles. The zero-order chi connectivity index (χ0) is 12.6. The summed E-state index contributed by atoms with van der Waals surface area (Å²) in [6, 6.07) is 0. The van der Waals surface area contributed by atoms with Crippen LogP contribution >= 0.6 is 0 Å². The molecule has 0 N–H and O–H groups in total. The molecule has 2 rings (SSSR count). The molecule has 0 radical (unpaired) electrons. The van der Waals surface area contributed by atoms with Gasteiger partial charge in [-0.25, -0.2) is 0 Å². The molecule has 1 saturated heterocycles. The van der Waals surface area contributed by atoms with Crippen molar-refractivity contribution in [2.75, 3.05) is 18.0 Å². The van der Waals surface area contributed by atoms with Gasteiger partial charge < -0.3 is 4.90 Å². The van der Waals surface area contributed by atoms with E-state index in [-0.39, 0.29) is 0 Å². The standard InChI is InChI=1S/C13H21N3O/c1-9(2)11-5-6-16(7-11)13-12(8-17)10(3)14-15(13)4/h8-9,11H,5-7H2,1-4H3. The number of hydrogen-bond donors (Lipinski definition) is 0. The van der Waals surface area contributed by atoms with Crippen molar-refractivity contribution in [3.05, 3.63) is 11.3 Å². The predicted molar refractivity (Wildman–Crippen MR) is 68.5 cm³/mol. The number of aromatic nitrogens is 2. The topological polar surface area (TPSA) is 38.1 Å². The Labute approximate surface area is 103 Å². The molecule has 1 fully saturated rings. The largest absolute Gasteiger partial charge is 0.356 e. The highest BCUT2D eigenvalue weighted by molar-refractivity contribution is 5.84. The number of hydrogen-bond acceptors (Lipinski definition) is 3. The molecule has 1 aromatic rings. The van der Waals surface area contributed by atoms with Gasteiger partial charge in [0, 0.05) is 20.1 Å². The summed E-state index contributed by atoms with van der Waals surface area (Å²) >= 11 is 0. The second-order valence-corrected chi connectivity index (χ2v) is 5.30. The quantitative estimate of drug-likeness (QED) is 0.752. The van der Waals surface area contributed by atoms with Crippen molar-refractivity contribution in [2.45, 2.75) is 27.2 Å². The second kappa shape index (κ2) is 4.51. The number of aryl methyl sites for hydroxylation is 2. The van der Waals surface area contributed by atoms with Crippen LogP contribution in [0.15, 0.2) is 0 Å². The Hall–Kier alpha value is -1.32. The molecule has 1 aliphatic rings. The zero-order valence-electron chi connectivity index (χ0n) is 11.1. The molecule has 1 unspecified atom stereocenters. The van der Waals surface area contributed by atoms with Crippen molar-refractivity contribution in [3.63, 3.8) is 0 Å². The second-order valence-electron chi connectivity index (χ2n) is 5.30. The van der Waals surface area contributed by atoms with Crippen molar-refractivity contribution in [2.24, 2.45) is 18.9 Å². The molecule has 1 atom stereocenters. The first-order chi connectivity index (χ1) is 8.04. The van der Waals surface area contributed by atoms with E-state index in [4.69, 9.17) is 0 Å². The molecule has 0 saturated carbocycles. The average molecular weight is 235 g/mol. The van der Waals surface area contributed by atoms with E-state index in [1.807, 2.05) is 18.7 Å². The monoisotopic (exact) mass is 235 g/mol. The van der Waals surface area contributed by atoms with Crippen LogP contribution < -0.4 is 4.90 Å². The minimum atomic E-state index is 0.703. The van der Waals surface area contributed by atoms with Crippen LogP contribution in [0, 0.1) is 18.8 Å². The summed E-state index contributed by atoms with van der Waals surface area (Å²) in [6.07, 6.45) is 2.14. The Morgan fingerprint density at radius 1 is 1.47 bits per heavy atom. The maximum atomic E-state index is 11.2. The van der Waals surface area contributed by atoms with Gasteiger partial charge in [-0.2, -0.15) is 5.10 Å². The van der Waals surface area contributed by atoms with E-state index < -0.39 is 0 Å². The molecule has 0 bridgehead atoms. The van der Waals surface area contributed by atoms with Crippen LogP contribution in [0.25, 0.3) is 0 Å². The third-order valence-electron chi connectivity index (χ3n) is 3.82. The van der Waals surface area contributed by atoms with E-state index in [2.05, 4.69) is 23.8 Å². The van der Waals surface area contributed by atoms with Crippen molar-refractivity contribution < 1.29 is 4.79 Å². The van der Waals surface area contributed by atoms with Gasteiger partial charge in [-0.05, 0) is 25.2 Å². The molecule has 1 aliphatic heterocycles. The Morgan fingerprint density at radius 2 is 2.18 bits per heavy atom. The van der Waals surface area contributed by atoms with Gasteiger partial charge in [0.1, 0.15) is 5.82 Å². The first-order valence-electron chi connectivity index (χ1n) is 6.28. The third kappa shape index (κ3) is 2.08. The van der Waals surface area contributed by atoms with Gasteiger partial charge in [0.25, 0.3) is 0 Å². The predicted octanol–water partition coefficient (Wildman–Crippen LogP) is 2.02. The Balaban J connectivity index is 2.27. The first kappa shape index (κ1) is 12.1. The van der Waals surface area contributed by atoms with Crippen LogP contribution in [0.2, 0.25) is 0 Å². The maximum Gasteiger partial charge on any atom is 0.155 e. The summed E-state index contributed by atoms with van der Waals surface area (Å²) in [5, 5.41) is 4.34. The minimum absolute atomic E-state index is 0.703. The van der Waals surface area contributed by atoms with Crippen LogP contribution in [-0.4, -0.2) is 29.2 Å².